The summed E-state index contributed by atoms with van der Waals surface area (Å²) in [6, 6.07) is 20.6. The van der Waals surface area contributed by atoms with Crippen molar-refractivity contribution in [2.24, 2.45) is 0 Å². The smallest absolute Gasteiger partial charge is 0.235 e. The Hall–Kier alpha value is -3.05. The zero-order valence-electron chi connectivity index (χ0n) is 15.1. The maximum absolute atomic E-state index is 12.7. The number of aryl methyl sites for hydroxylation is 1. The van der Waals surface area contributed by atoms with Gasteiger partial charge in [0.05, 0.1) is 9.86 Å². The fourth-order valence-corrected chi connectivity index (χ4v) is 3.11. The molecule has 3 aromatic carbocycles. The van der Waals surface area contributed by atoms with Crippen LogP contribution in [0.4, 0.5) is 0 Å². The van der Waals surface area contributed by atoms with Crippen LogP contribution in [0.15, 0.2) is 86.7 Å². The van der Waals surface area contributed by atoms with Crippen LogP contribution in [0.25, 0.3) is 11.0 Å². The number of fused-ring (bicyclic) bond motifs is 1. The lowest BCUT2D eigenvalue weighted by molar-refractivity contribution is 0.306. The van der Waals surface area contributed by atoms with E-state index in [0.717, 1.165) is 10.0 Å². The maximum Gasteiger partial charge on any atom is 0.235 e. The minimum absolute atomic E-state index is 0.132. The molecule has 1 aromatic heterocycles. The van der Waals surface area contributed by atoms with Gasteiger partial charge in [0.25, 0.3) is 0 Å². The van der Waals surface area contributed by atoms with Crippen molar-refractivity contribution in [1.29, 1.82) is 0 Å². The summed E-state index contributed by atoms with van der Waals surface area (Å²) in [7, 11) is 0. The zero-order valence-corrected chi connectivity index (χ0v) is 16.7. The van der Waals surface area contributed by atoms with E-state index in [9.17, 15) is 4.79 Å². The lowest BCUT2D eigenvalue weighted by Crippen LogP contribution is -2.05. The van der Waals surface area contributed by atoms with Gasteiger partial charge >= 0.3 is 0 Å². The third-order valence-corrected chi connectivity index (χ3v) is 4.95. The first-order chi connectivity index (χ1) is 13.6. The Kier molecular flexibility index (Phi) is 5.17. The fourth-order valence-electron chi connectivity index (χ4n) is 2.75. The lowest BCUT2D eigenvalue weighted by atomic mass is 10.2. The summed E-state index contributed by atoms with van der Waals surface area (Å²) in [5.41, 5.74) is 2.49. The Morgan fingerprint density at radius 2 is 1.75 bits per heavy atom. The van der Waals surface area contributed by atoms with Crippen molar-refractivity contribution in [1.82, 2.24) is 0 Å². The number of halogens is 1. The Labute approximate surface area is 170 Å². The van der Waals surface area contributed by atoms with Crippen LogP contribution >= 0.6 is 15.9 Å². The molecule has 0 N–H and O–H groups in total. The van der Waals surface area contributed by atoms with Crippen molar-refractivity contribution in [2.45, 2.75) is 13.5 Å². The molecule has 0 aliphatic heterocycles. The lowest BCUT2D eigenvalue weighted by Gasteiger charge is -2.09. The van der Waals surface area contributed by atoms with Crippen LogP contribution in [-0.4, -0.2) is 0 Å². The summed E-state index contributed by atoms with van der Waals surface area (Å²) in [5.74, 6) is 1.32. The molecule has 0 aliphatic rings. The van der Waals surface area contributed by atoms with E-state index in [-0.39, 0.29) is 11.2 Å². The van der Waals surface area contributed by atoms with Crippen molar-refractivity contribution < 1.29 is 13.9 Å². The van der Waals surface area contributed by atoms with Crippen LogP contribution < -0.4 is 14.9 Å². The molecule has 0 aliphatic carbocycles. The highest BCUT2D eigenvalue weighted by atomic mass is 79.9. The molecule has 0 saturated heterocycles. The maximum atomic E-state index is 12.7. The van der Waals surface area contributed by atoms with Gasteiger partial charge in [0.1, 0.15) is 30.0 Å². The predicted octanol–water partition coefficient (Wildman–Crippen LogP) is 6.24. The van der Waals surface area contributed by atoms with Crippen LogP contribution in [0.1, 0.15) is 11.1 Å². The van der Waals surface area contributed by atoms with Crippen LogP contribution in [0.3, 0.4) is 0 Å². The van der Waals surface area contributed by atoms with Gasteiger partial charge in [0.2, 0.25) is 11.2 Å². The molecule has 0 bridgehead atoms. The molecule has 0 atom stereocenters. The van der Waals surface area contributed by atoms with Crippen molar-refractivity contribution in [3.05, 3.63) is 98.8 Å². The molecule has 0 spiro atoms. The minimum atomic E-state index is -0.234. The second-order valence-electron chi connectivity index (χ2n) is 6.39. The normalized spacial score (nSPS) is 10.8. The highest BCUT2D eigenvalue weighted by molar-refractivity contribution is 9.10. The van der Waals surface area contributed by atoms with Crippen molar-refractivity contribution in [3.8, 4) is 17.2 Å². The number of rotatable bonds is 5. The highest BCUT2D eigenvalue weighted by Crippen LogP contribution is 2.29. The number of ether oxygens (including phenoxy) is 2. The van der Waals surface area contributed by atoms with E-state index in [2.05, 4.69) is 15.9 Å². The molecule has 4 nitrogen and oxygen atoms in total. The monoisotopic (exact) mass is 436 g/mol. The Balaban J connectivity index is 1.56. The average molecular weight is 437 g/mol. The number of para-hydroxylation sites is 1. The van der Waals surface area contributed by atoms with E-state index in [1.807, 2.05) is 49.4 Å². The van der Waals surface area contributed by atoms with Gasteiger partial charge in [-0.2, -0.15) is 0 Å². The number of hydrogen-bond donors (Lipinski definition) is 0. The summed E-state index contributed by atoms with van der Waals surface area (Å²) in [6.07, 6.45) is 1.33. The summed E-state index contributed by atoms with van der Waals surface area (Å²) in [6.45, 7) is 2.49. The molecule has 5 heteroatoms. The van der Waals surface area contributed by atoms with Crippen molar-refractivity contribution in [3.63, 3.8) is 0 Å². The van der Waals surface area contributed by atoms with Gasteiger partial charge in [-0.05, 0) is 52.7 Å². The standard InChI is InChI=1S/C23H17BrO4/c1-15-6-8-16(9-7-15)13-26-17-10-11-18-21(12-17)27-14-22(23(18)25)28-20-5-3-2-4-19(20)24/h2-12,14H,13H2,1H3. The fraction of sp³-hybridized carbons (Fsp3) is 0.0870. The van der Waals surface area contributed by atoms with Gasteiger partial charge < -0.3 is 13.9 Å². The first-order valence-corrected chi connectivity index (χ1v) is 9.56. The van der Waals surface area contributed by atoms with Gasteiger partial charge in [-0.1, -0.05) is 42.0 Å². The second kappa shape index (κ2) is 7.90. The molecular formula is C23H17BrO4. The van der Waals surface area contributed by atoms with E-state index in [1.165, 1.54) is 11.8 Å². The SMILES string of the molecule is Cc1ccc(COc2ccc3c(=O)c(Oc4ccccc4Br)coc3c2)cc1. The quantitative estimate of drug-likeness (QED) is 0.371. The van der Waals surface area contributed by atoms with Crippen LogP contribution in [0.5, 0.6) is 17.2 Å². The molecule has 1 heterocycles. The molecular weight excluding hydrogens is 420 g/mol. The van der Waals surface area contributed by atoms with Crippen LogP contribution in [0.2, 0.25) is 0 Å². The molecule has 0 unspecified atom stereocenters. The van der Waals surface area contributed by atoms with E-state index in [4.69, 9.17) is 13.9 Å². The molecule has 4 aromatic rings. The first kappa shape index (κ1) is 18.3. The molecule has 0 saturated carbocycles. The van der Waals surface area contributed by atoms with Gasteiger partial charge in [0.15, 0.2) is 0 Å². The average Bonchev–Trinajstić information content (AvgIpc) is 2.71. The van der Waals surface area contributed by atoms with Gasteiger partial charge in [-0.15, -0.1) is 0 Å². The molecule has 4 rings (SSSR count). The van der Waals surface area contributed by atoms with Crippen LogP contribution in [0, 0.1) is 6.92 Å². The predicted molar refractivity (Wildman–Crippen MR) is 112 cm³/mol. The highest BCUT2D eigenvalue weighted by Gasteiger charge is 2.11. The van der Waals surface area contributed by atoms with E-state index >= 15 is 0 Å². The van der Waals surface area contributed by atoms with Crippen molar-refractivity contribution in [2.75, 3.05) is 0 Å². The van der Waals surface area contributed by atoms with E-state index < -0.39 is 0 Å². The largest absolute Gasteiger partial charge is 0.489 e. The summed E-state index contributed by atoms with van der Waals surface area (Å²) in [5, 5.41) is 0.437. The van der Waals surface area contributed by atoms with E-state index in [0.29, 0.717) is 29.1 Å². The number of hydrogen-bond acceptors (Lipinski definition) is 4. The molecule has 140 valence electrons. The topological polar surface area (TPSA) is 48.7 Å². The van der Waals surface area contributed by atoms with Gasteiger partial charge in [-0.25, -0.2) is 0 Å². The molecule has 28 heavy (non-hydrogen) atoms. The summed E-state index contributed by atoms with van der Waals surface area (Å²) < 4.78 is 17.9. The minimum Gasteiger partial charge on any atom is -0.489 e. The van der Waals surface area contributed by atoms with Crippen molar-refractivity contribution >= 4 is 26.9 Å². The Bertz CT molecular complexity index is 1180. The third-order valence-electron chi connectivity index (χ3n) is 4.30. The zero-order chi connectivity index (χ0) is 19.5. The van der Waals surface area contributed by atoms with Crippen LogP contribution in [-0.2, 0) is 6.61 Å². The van der Waals surface area contributed by atoms with Gasteiger partial charge in [0, 0.05) is 6.07 Å². The summed E-state index contributed by atoms with van der Waals surface area (Å²) in [4.78, 5) is 12.7. The Morgan fingerprint density at radius 1 is 0.964 bits per heavy atom. The molecule has 0 radical (unpaired) electrons. The number of benzene rings is 3. The summed E-state index contributed by atoms with van der Waals surface area (Å²) >= 11 is 3.40. The Morgan fingerprint density at radius 3 is 2.54 bits per heavy atom. The molecule has 0 fully saturated rings. The molecule has 0 amide bonds. The third kappa shape index (κ3) is 3.94. The first-order valence-electron chi connectivity index (χ1n) is 8.76. The van der Waals surface area contributed by atoms with E-state index in [1.54, 1.807) is 24.3 Å². The van der Waals surface area contributed by atoms with Gasteiger partial charge in [-0.3, -0.25) is 4.79 Å². The second-order valence-corrected chi connectivity index (χ2v) is 7.25.